The minimum Gasteiger partial charge on any atom is -0.345 e. The van der Waals surface area contributed by atoms with Gasteiger partial charge in [-0.15, -0.1) is 10.2 Å². The molecule has 2 aromatic carbocycles. The van der Waals surface area contributed by atoms with Crippen LogP contribution in [0.1, 0.15) is 98.3 Å². The van der Waals surface area contributed by atoms with Crippen LogP contribution in [0.5, 0.6) is 0 Å². The number of carbonyl (C=O) groups excluding carboxylic acids is 2. The van der Waals surface area contributed by atoms with Crippen molar-refractivity contribution in [3.63, 3.8) is 0 Å². The summed E-state index contributed by atoms with van der Waals surface area (Å²) in [4.78, 5) is 30.9. The van der Waals surface area contributed by atoms with Gasteiger partial charge in [0.1, 0.15) is 6.04 Å². The zero-order valence-electron chi connectivity index (χ0n) is 25.1. The van der Waals surface area contributed by atoms with Crippen LogP contribution in [0.15, 0.2) is 48.5 Å². The van der Waals surface area contributed by atoms with Crippen molar-refractivity contribution in [3.05, 3.63) is 76.6 Å². The van der Waals surface area contributed by atoms with Gasteiger partial charge >= 0.3 is 6.18 Å². The zero-order valence-corrected chi connectivity index (χ0v) is 25.1. The number of carbonyl (C=O) groups is 2. The molecule has 5 rings (SSSR count). The van der Waals surface area contributed by atoms with Gasteiger partial charge < -0.3 is 10.2 Å². The van der Waals surface area contributed by atoms with Crippen molar-refractivity contribution in [1.29, 1.82) is 0 Å². The van der Waals surface area contributed by atoms with Crippen molar-refractivity contribution in [2.24, 2.45) is 11.3 Å². The Morgan fingerprint density at radius 3 is 2.37 bits per heavy atom. The highest BCUT2D eigenvalue weighted by atomic mass is 19.4. The van der Waals surface area contributed by atoms with Crippen molar-refractivity contribution in [2.45, 2.75) is 83.8 Å². The average Bonchev–Trinajstić information content (AvgIpc) is 3.56. The number of hydrogen-bond donors (Lipinski definition) is 2. The number of hydrogen-bond acceptors (Lipinski definition) is 6. The van der Waals surface area contributed by atoms with Crippen LogP contribution in [0.2, 0.25) is 0 Å². The Kier molecular flexibility index (Phi) is 8.10. The molecule has 2 atom stereocenters. The van der Waals surface area contributed by atoms with Crippen molar-refractivity contribution >= 4 is 11.8 Å². The zero-order chi connectivity index (χ0) is 31.2. The van der Waals surface area contributed by atoms with E-state index in [4.69, 9.17) is 0 Å². The minimum absolute atomic E-state index is 0.111. The van der Waals surface area contributed by atoms with E-state index in [1.54, 1.807) is 18.2 Å². The van der Waals surface area contributed by atoms with Gasteiger partial charge in [0, 0.05) is 5.56 Å². The highest BCUT2D eigenvalue weighted by Gasteiger charge is 2.58. The van der Waals surface area contributed by atoms with Crippen LogP contribution in [-0.4, -0.2) is 54.9 Å². The summed E-state index contributed by atoms with van der Waals surface area (Å²) in [5, 5.41) is 16.2. The number of nitrogens with zero attached hydrogens (tertiary/aromatic N) is 5. The lowest BCUT2D eigenvalue weighted by molar-refractivity contribution is -0.139. The first kappa shape index (κ1) is 30.7. The third-order valence-electron chi connectivity index (χ3n) is 9.34. The third kappa shape index (κ3) is 5.89. The Morgan fingerprint density at radius 1 is 1.12 bits per heavy atom. The van der Waals surface area contributed by atoms with Crippen LogP contribution in [0, 0.1) is 11.3 Å². The molecule has 1 spiro atoms. The Hall–Kier alpha value is -3.80. The van der Waals surface area contributed by atoms with E-state index in [9.17, 15) is 22.8 Å². The lowest BCUT2D eigenvalue weighted by Gasteiger charge is -2.51. The maximum absolute atomic E-state index is 14.3. The van der Waals surface area contributed by atoms with Crippen LogP contribution in [0.25, 0.3) is 0 Å². The maximum Gasteiger partial charge on any atom is 0.416 e. The standard InChI is InChI=1S/C31H38F3N7O2/c1-19(20-9-11-21(12-10-20)27(42)35-18-25-36-38-39-37-25)41-28(43)26(22-7-6-8-24(17-22)31(32,33)34)40(5)30(41)15-13-23(14-16-30)29(2,3)4/h6-12,17,19,23,26H,13-16,18H2,1-5H3,(H,35,42)(H,36,37,38,39)/t19-,23?,26?,30?/m1/s1. The molecule has 1 aliphatic heterocycles. The molecule has 12 heteroatoms. The van der Waals surface area contributed by atoms with Crippen LogP contribution in [0.4, 0.5) is 13.2 Å². The van der Waals surface area contributed by atoms with Crippen molar-refractivity contribution in [3.8, 4) is 0 Å². The number of aromatic amines is 1. The van der Waals surface area contributed by atoms with E-state index in [-0.39, 0.29) is 29.8 Å². The number of rotatable bonds is 6. The molecule has 3 aromatic rings. The number of benzene rings is 2. The SMILES string of the molecule is C[C@H](c1ccc(C(=O)NCc2nn[nH]n2)cc1)N1C(=O)C(c2cccc(C(F)(F)F)c2)N(C)C12CCC(C(C)(C)C)CC2. The Balaban J connectivity index is 1.45. The minimum atomic E-state index is -4.51. The summed E-state index contributed by atoms with van der Waals surface area (Å²) in [6, 6.07) is 11.0. The fourth-order valence-corrected chi connectivity index (χ4v) is 6.84. The van der Waals surface area contributed by atoms with Crippen LogP contribution in [0.3, 0.4) is 0 Å². The Bertz CT molecular complexity index is 1440. The molecule has 1 saturated carbocycles. The number of H-pyrrole nitrogens is 1. The van der Waals surface area contributed by atoms with E-state index in [0.717, 1.165) is 30.5 Å². The van der Waals surface area contributed by atoms with Gasteiger partial charge in [-0.3, -0.25) is 14.5 Å². The summed E-state index contributed by atoms with van der Waals surface area (Å²) in [5.41, 5.74) is 0.293. The molecule has 2 fully saturated rings. The van der Waals surface area contributed by atoms with Gasteiger partial charge in [0.2, 0.25) is 5.91 Å². The maximum atomic E-state index is 14.3. The monoisotopic (exact) mass is 597 g/mol. The van der Waals surface area contributed by atoms with E-state index in [1.807, 2.05) is 35.9 Å². The molecule has 0 radical (unpaired) electrons. The largest absolute Gasteiger partial charge is 0.416 e. The van der Waals surface area contributed by atoms with Gasteiger partial charge in [-0.25, -0.2) is 0 Å². The van der Waals surface area contributed by atoms with Crippen molar-refractivity contribution in [1.82, 2.24) is 35.7 Å². The molecule has 2 amide bonds. The number of amides is 2. The summed E-state index contributed by atoms with van der Waals surface area (Å²) in [7, 11) is 1.87. The molecule has 2 N–H and O–H groups in total. The molecule has 9 nitrogen and oxygen atoms in total. The summed E-state index contributed by atoms with van der Waals surface area (Å²) in [5.74, 6) is 0.307. The number of tetrazole rings is 1. The summed E-state index contributed by atoms with van der Waals surface area (Å²) in [6.07, 6.45) is -1.27. The van der Waals surface area contributed by atoms with Gasteiger partial charge in [-0.05, 0) is 86.4 Å². The van der Waals surface area contributed by atoms with Gasteiger partial charge in [0.05, 0.1) is 23.8 Å². The van der Waals surface area contributed by atoms with Gasteiger partial charge in [-0.1, -0.05) is 50.3 Å². The molecular weight excluding hydrogens is 559 g/mol. The number of aromatic nitrogens is 4. The molecule has 1 saturated heterocycles. The second kappa shape index (κ2) is 11.4. The smallest absolute Gasteiger partial charge is 0.345 e. The second-order valence-electron chi connectivity index (χ2n) is 12.8. The molecule has 1 aliphatic carbocycles. The quantitative estimate of drug-likeness (QED) is 0.380. The van der Waals surface area contributed by atoms with Crippen molar-refractivity contribution < 1.29 is 22.8 Å². The summed E-state index contributed by atoms with van der Waals surface area (Å²) in [6.45, 7) is 8.75. The molecular formula is C31H38F3N7O2. The van der Waals surface area contributed by atoms with E-state index in [1.165, 1.54) is 6.07 Å². The van der Waals surface area contributed by atoms with Gasteiger partial charge in [0.15, 0.2) is 5.82 Å². The molecule has 2 heterocycles. The number of halogens is 3. The first-order valence-electron chi connectivity index (χ1n) is 14.6. The lowest BCUT2D eigenvalue weighted by Crippen LogP contribution is -2.56. The topological polar surface area (TPSA) is 107 Å². The molecule has 230 valence electrons. The molecule has 2 aliphatic rings. The summed E-state index contributed by atoms with van der Waals surface area (Å²) < 4.78 is 40.9. The second-order valence-corrected chi connectivity index (χ2v) is 12.8. The predicted molar refractivity (Wildman–Crippen MR) is 153 cm³/mol. The number of nitrogens with one attached hydrogen (secondary N) is 2. The molecule has 43 heavy (non-hydrogen) atoms. The fraction of sp³-hybridized carbons (Fsp3) is 0.516. The highest BCUT2D eigenvalue weighted by molar-refractivity contribution is 5.94. The van der Waals surface area contributed by atoms with Gasteiger partial charge in [-0.2, -0.15) is 18.4 Å². The van der Waals surface area contributed by atoms with E-state index >= 15 is 0 Å². The van der Waals surface area contributed by atoms with E-state index in [0.29, 0.717) is 35.7 Å². The fourth-order valence-electron chi connectivity index (χ4n) is 6.84. The average molecular weight is 598 g/mol. The molecule has 1 aromatic heterocycles. The van der Waals surface area contributed by atoms with Gasteiger partial charge in [0.25, 0.3) is 5.91 Å². The predicted octanol–water partition coefficient (Wildman–Crippen LogP) is 5.66. The van der Waals surface area contributed by atoms with E-state index in [2.05, 4.69) is 46.7 Å². The molecule has 0 bridgehead atoms. The molecule has 1 unspecified atom stereocenters. The lowest BCUT2D eigenvalue weighted by atomic mass is 9.69. The van der Waals surface area contributed by atoms with Crippen LogP contribution >= 0.6 is 0 Å². The van der Waals surface area contributed by atoms with E-state index < -0.39 is 23.4 Å². The number of alkyl halides is 3. The Labute approximate surface area is 249 Å². The van der Waals surface area contributed by atoms with Crippen LogP contribution in [-0.2, 0) is 17.5 Å². The van der Waals surface area contributed by atoms with Crippen LogP contribution < -0.4 is 5.32 Å². The first-order valence-corrected chi connectivity index (χ1v) is 14.6. The third-order valence-corrected chi connectivity index (χ3v) is 9.34. The first-order chi connectivity index (χ1) is 20.2. The highest BCUT2D eigenvalue weighted by Crippen LogP contribution is 2.53. The summed E-state index contributed by atoms with van der Waals surface area (Å²) >= 11 is 0. The normalized spacial score (nSPS) is 24.0. The van der Waals surface area contributed by atoms with Crippen molar-refractivity contribution in [2.75, 3.05) is 7.05 Å². The number of likely N-dealkylation sites (N-methyl/N-ethyl adjacent to an activating group) is 1. The Morgan fingerprint density at radius 2 is 1.79 bits per heavy atom.